The number of Topliss-reactive ketones (excluding diaryl/α,β-unsaturated/α-hetero) is 1. The first kappa shape index (κ1) is 25.5. The lowest BCUT2D eigenvalue weighted by Crippen LogP contribution is -2.15. The summed E-state index contributed by atoms with van der Waals surface area (Å²) < 4.78 is 4.88. The molecule has 1 aliphatic rings. The van der Waals surface area contributed by atoms with E-state index in [1.54, 1.807) is 24.3 Å². The predicted octanol–water partition coefficient (Wildman–Crippen LogP) is 5.83. The number of amides is 1. The third-order valence-electron chi connectivity index (χ3n) is 5.96. The van der Waals surface area contributed by atoms with Gasteiger partial charge in [-0.05, 0) is 29.7 Å². The number of methoxy groups -OCH3 is 1. The van der Waals surface area contributed by atoms with Gasteiger partial charge in [0.15, 0.2) is 0 Å². The van der Waals surface area contributed by atoms with Crippen molar-refractivity contribution in [1.29, 1.82) is 0 Å². The summed E-state index contributed by atoms with van der Waals surface area (Å²) >= 11 is 12.2. The minimum Gasteiger partial charge on any atom is -0.469 e. The van der Waals surface area contributed by atoms with E-state index in [1.165, 1.54) is 19.5 Å². The lowest BCUT2D eigenvalue weighted by Gasteiger charge is -2.17. The van der Waals surface area contributed by atoms with Crippen molar-refractivity contribution in [1.82, 2.24) is 4.98 Å². The van der Waals surface area contributed by atoms with Gasteiger partial charge < -0.3 is 10.1 Å². The number of nitrogens with zero attached hydrogens (tertiary/aromatic N) is 2. The van der Waals surface area contributed by atoms with Crippen molar-refractivity contribution in [3.8, 4) is 0 Å². The Morgan fingerprint density at radius 2 is 1.72 bits per heavy atom. The molecule has 4 rings (SSSR count). The van der Waals surface area contributed by atoms with E-state index in [0.29, 0.717) is 18.5 Å². The van der Waals surface area contributed by atoms with E-state index in [0.717, 1.165) is 16.8 Å². The van der Waals surface area contributed by atoms with Gasteiger partial charge in [-0.1, -0.05) is 65.7 Å². The Morgan fingerprint density at radius 3 is 2.36 bits per heavy atom. The third kappa shape index (κ3) is 5.80. The third-order valence-corrected chi connectivity index (χ3v) is 6.53. The highest BCUT2D eigenvalue weighted by Gasteiger charge is 2.33. The van der Waals surface area contributed by atoms with Crippen LogP contribution in [-0.4, -0.2) is 35.5 Å². The highest BCUT2D eigenvalue weighted by atomic mass is 35.5. The van der Waals surface area contributed by atoms with Crippen molar-refractivity contribution in [2.24, 2.45) is 4.99 Å². The van der Waals surface area contributed by atoms with Gasteiger partial charge in [0.05, 0.1) is 41.1 Å². The number of benzene rings is 2. The normalized spacial score (nSPS) is 17.1. The highest BCUT2D eigenvalue weighted by molar-refractivity contribution is 6.40. The van der Waals surface area contributed by atoms with E-state index in [4.69, 9.17) is 32.9 Å². The molecule has 0 spiro atoms. The number of carbonyl (C=O) groups excluding carboxylic acids is 3. The standard InChI is InChI=1S/C27H23Cl2N3O4/c1-36-24(34)13-22(32-21-11-12-23(33)25(21)17-5-3-2-4-6-17)16-7-9-18(10-8-16)31-27(35)26-19(28)14-30-15-20(26)29/h2-10,14-15,22,25H,11-13H2,1H3,(H,31,35). The van der Waals surface area contributed by atoms with Crippen molar-refractivity contribution in [2.45, 2.75) is 31.2 Å². The van der Waals surface area contributed by atoms with E-state index in [2.05, 4.69) is 10.3 Å². The van der Waals surface area contributed by atoms with Crippen molar-refractivity contribution < 1.29 is 19.1 Å². The Bertz CT molecular complexity index is 1290. The van der Waals surface area contributed by atoms with Crippen molar-refractivity contribution in [2.75, 3.05) is 12.4 Å². The van der Waals surface area contributed by atoms with Crippen LogP contribution >= 0.6 is 23.2 Å². The van der Waals surface area contributed by atoms with Gasteiger partial charge in [0.25, 0.3) is 5.91 Å². The fourth-order valence-electron chi connectivity index (χ4n) is 4.18. The average molecular weight is 524 g/mol. The maximum absolute atomic E-state index is 12.7. The molecule has 2 aromatic carbocycles. The Labute approximate surface area is 218 Å². The number of anilines is 1. The van der Waals surface area contributed by atoms with Crippen LogP contribution in [0, 0.1) is 0 Å². The highest BCUT2D eigenvalue weighted by Crippen LogP contribution is 2.33. The van der Waals surface area contributed by atoms with E-state index < -0.39 is 23.8 Å². The molecule has 36 heavy (non-hydrogen) atoms. The van der Waals surface area contributed by atoms with Crippen LogP contribution in [-0.2, 0) is 14.3 Å². The van der Waals surface area contributed by atoms with Crippen LogP contribution in [0.3, 0.4) is 0 Å². The number of halogens is 2. The molecule has 2 atom stereocenters. The molecule has 0 saturated heterocycles. The Hall–Kier alpha value is -3.55. The van der Waals surface area contributed by atoms with E-state index in [1.807, 2.05) is 30.3 Å². The molecule has 1 amide bonds. The first-order valence-electron chi connectivity index (χ1n) is 11.3. The molecule has 9 heteroatoms. The van der Waals surface area contributed by atoms with Crippen molar-refractivity contribution in [3.05, 3.63) is 93.7 Å². The van der Waals surface area contributed by atoms with Crippen LogP contribution in [0.5, 0.6) is 0 Å². The maximum atomic E-state index is 12.7. The van der Waals surface area contributed by atoms with Crippen LogP contribution < -0.4 is 5.32 Å². The second-order valence-electron chi connectivity index (χ2n) is 8.28. The molecule has 1 saturated carbocycles. The van der Waals surface area contributed by atoms with E-state index in [-0.39, 0.29) is 27.8 Å². The van der Waals surface area contributed by atoms with Gasteiger partial charge in [-0.3, -0.25) is 24.4 Å². The molecule has 3 aromatic rings. The van der Waals surface area contributed by atoms with Gasteiger partial charge in [0, 0.05) is 30.2 Å². The number of ketones is 1. The molecule has 0 radical (unpaired) electrons. The quantitative estimate of drug-likeness (QED) is 0.392. The molecule has 2 unspecified atom stereocenters. The molecule has 0 bridgehead atoms. The minimum atomic E-state index is -0.543. The zero-order valence-corrected chi connectivity index (χ0v) is 20.9. The van der Waals surface area contributed by atoms with Crippen LogP contribution in [0.2, 0.25) is 10.0 Å². The lowest BCUT2D eigenvalue weighted by molar-refractivity contribution is -0.141. The fraction of sp³-hybridized carbons (Fsp3) is 0.222. The number of esters is 1. The smallest absolute Gasteiger partial charge is 0.308 e. The first-order chi connectivity index (χ1) is 17.4. The molecule has 1 N–H and O–H groups in total. The summed E-state index contributed by atoms with van der Waals surface area (Å²) in [5.74, 6) is -1.19. The molecule has 7 nitrogen and oxygen atoms in total. The number of hydrogen-bond donors (Lipinski definition) is 1. The molecule has 1 aromatic heterocycles. The molecule has 1 heterocycles. The topological polar surface area (TPSA) is 97.7 Å². The second kappa shape index (κ2) is 11.5. The number of rotatable bonds is 7. The number of pyridine rings is 1. The summed E-state index contributed by atoms with van der Waals surface area (Å²) in [6.45, 7) is 0. The predicted molar refractivity (Wildman–Crippen MR) is 139 cm³/mol. The molecule has 1 aliphatic carbocycles. The fourth-order valence-corrected chi connectivity index (χ4v) is 4.71. The Kier molecular flexibility index (Phi) is 8.13. The Morgan fingerprint density at radius 1 is 1.06 bits per heavy atom. The number of nitrogens with one attached hydrogen (secondary N) is 1. The van der Waals surface area contributed by atoms with Gasteiger partial charge in [0.1, 0.15) is 5.78 Å². The lowest BCUT2D eigenvalue weighted by atomic mass is 9.94. The summed E-state index contributed by atoms with van der Waals surface area (Å²) in [7, 11) is 1.33. The number of aliphatic imine (C=N–C) groups is 1. The van der Waals surface area contributed by atoms with Gasteiger partial charge in [0.2, 0.25) is 0 Å². The molecule has 0 aliphatic heterocycles. The van der Waals surface area contributed by atoms with Gasteiger partial charge in [-0.15, -0.1) is 0 Å². The summed E-state index contributed by atoms with van der Waals surface area (Å²) in [5.41, 5.74) is 3.03. The van der Waals surface area contributed by atoms with Crippen LogP contribution in [0.1, 0.15) is 52.7 Å². The van der Waals surface area contributed by atoms with Crippen LogP contribution in [0.15, 0.2) is 72.0 Å². The van der Waals surface area contributed by atoms with Gasteiger partial charge in [-0.2, -0.15) is 0 Å². The van der Waals surface area contributed by atoms with Crippen LogP contribution in [0.4, 0.5) is 5.69 Å². The van der Waals surface area contributed by atoms with E-state index >= 15 is 0 Å². The molecule has 1 fully saturated rings. The monoisotopic (exact) mass is 523 g/mol. The van der Waals surface area contributed by atoms with Gasteiger partial charge in [-0.25, -0.2) is 0 Å². The Balaban J connectivity index is 1.59. The number of carbonyl (C=O) groups is 3. The molecular formula is C27H23Cl2N3O4. The van der Waals surface area contributed by atoms with Crippen molar-refractivity contribution in [3.63, 3.8) is 0 Å². The van der Waals surface area contributed by atoms with Crippen LogP contribution in [0.25, 0.3) is 0 Å². The number of ether oxygens (including phenoxy) is 1. The second-order valence-corrected chi connectivity index (χ2v) is 9.10. The first-order valence-corrected chi connectivity index (χ1v) is 12.0. The largest absolute Gasteiger partial charge is 0.469 e. The van der Waals surface area contributed by atoms with E-state index in [9.17, 15) is 14.4 Å². The number of aromatic nitrogens is 1. The zero-order valence-electron chi connectivity index (χ0n) is 19.4. The van der Waals surface area contributed by atoms with Crippen molar-refractivity contribution >= 4 is 52.3 Å². The summed E-state index contributed by atoms with van der Waals surface area (Å²) in [5, 5.41) is 3.04. The molecule has 184 valence electrons. The maximum Gasteiger partial charge on any atom is 0.308 e. The summed E-state index contributed by atoms with van der Waals surface area (Å²) in [6, 6.07) is 15.9. The zero-order chi connectivity index (χ0) is 25.7. The minimum absolute atomic E-state index is 0.0175. The van der Waals surface area contributed by atoms with Gasteiger partial charge >= 0.3 is 5.97 Å². The summed E-state index contributed by atoms with van der Waals surface area (Å²) in [4.78, 5) is 46.2. The number of hydrogen-bond acceptors (Lipinski definition) is 6. The SMILES string of the molecule is COC(=O)CC(N=C1CCC(=O)C1c1ccccc1)c1ccc(NC(=O)c2c(Cl)cncc2Cl)cc1. The summed E-state index contributed by atoms with van der Waals surface area (Å²) in [6.07, 6.45) is 3.66. The molecular weight excluding hydrogens is 501 g/mol. The average Bonchev–Trinajstić information content (AvgIpc) is 3.24.